The molecule has 3 aromatic heterocycles. The quantitative estimate of drug-likeness (QED) is 0.285. The molecule has 4 aromatic rings. The fourth-order valence-corrected chi connectivity index (χ4v) is 3.58. The molecule has 194 valence electrons. The molecule has 0 aliphatic carbocycles. The lowest BCUT2D eigenvalue weighted by molar-refractivity contribution is -0.145. The number of pyridine rings is 1. The first kappa shape index (κ1) is 26.2. The minimum Gasteiger partial charge on any atom is -0.465 e. The highest BCUT2D eigenvalue weighted by Gasteiger charge is 2.37. The Bertz CT molecular complexity index is 1590. The molecule has 0 radical (unpaired) electrons. The molecule has 0 spiro atoms. The molecule has 0 atom stereocenters. The van der Waals surface area contributed by atoms with Crippen molar-refractivity contribution in [1.29, 1.82) is 0 Å². The molecule has 38 heavy (non-hydrogen) atoms. The minimum absolute atomic E-state index is 0.0551. The molecule has 3 heterocycles. The zero-order valence-corrected chi connectivity index (χ0v) is 20.2. The average molecular weight is 546 g/mol. The second-order valence-electron chi connectivity index (χ2n) is 7.63. The molecular formula is C22H15ClF3N9O3. The molecule has 1 amide bonds. The lowest BCUT2D eigenvalue weighted by Gasteiger charge is -2.14. The number of halogens is 4. The number of ether oxygens (including phenoxy) is 1. The Morgan fingerprint density at radius 2 is 2.00 bits per heavy atom. The van der Waals surface area contributed by atoms with Crippen molar-refractivity contribution in [3.8, 4) is 5.82 Å². The van der Waals surface area contributed by atoms with E-state index in [2.05, 4.69) is 35.7 Å². The van der Waals surface area contributed by atoms with Crippen LogP contribution in [0.2, 0.25) is 5.02 Å². The maximum atomic E-state index is 13.4. The van der Waals surface area contributed by atoms with Crippen molar-refractivity contribution in [3.05, 3.63) is 81.3 Å². The van der Waals surface area contributed by atoms with Gasteiger partial charge in [-0.05, 0) is 42.0 Å². The van der Waals surface area contributed by atoms with Gasteiger partial charge in [0.2, 0.25) is 0 Å². The number of alkyl halides is 3. The number of nitrogens with zero attached hydrogens (tertiary/aromatic N) is 8. The number of rotatable bonds is 6. The third kappa shape index (κ3) is 5.30. The Kier molecular flexibility index (Phi) is 7.08. The Labute approximate surface area is 216 Å². The van der Waals surface area contributed by atoms with Crippen LogP contribution in [-0.4, -0.2) is 54.0 Å². The summed E-state index contributed by atoms with van der Waals surface area (Å²) in [4.78, 5) is 33.9. The summed E-state index contributed by atoms with van der Waals surface area (Å²) < 4.78 is 44.5. The molecule has 0 fully saturated rings. The summed E-state index contributed by atoms with van der Waals surface area (Å²) in [5.74, 6) is -2.93. The van der Waals surface area contributed by atoms with Crippen LogP contribution in [0.4, 0.5) is 24.5 Å². The number of esters is 1. The summed E-state index contributed by atoms with van der Waals surface area (Å²) >= 11 is 6.25. The zero-order valence-electron chi connectivity index (χ0n) is 19.5. The lowest BCUT2D eigenvalue weighted by atomic mass is 10.1. The van der Waals surface area contributed by atoms with Crippen LogP contribution in [0, 0.1) is 13.5 Å². The van der Waals surface area contributed by atoms with Gasteiger partial charge in [0.1, 0.15) is 12.2 Å². The first-order chi connectivity index (χ1) is 18.0. The summed E-state index contributed by atoms with van der Waals surface area (Å²) in [5.41, 5.74) is 0.550. The Balaban J connectivity index is 1.76. The van der Waals surface area contributed by atoms with Gasteiger partial charge < -0.3 is 10.1 Å². The lowest BCUT2D eigenvalue weighted by Crippen LogP contribution is -2.20. The standard InChI is InChI=1S/C22H15ClF3N9O3/c1-11-7-12(27-2)8-14(20(37)38-3)17(11)29-19(36)16-9-13(10-34-32-21(30-33-34)22(24,25)26)31-35(16)18-15(23)5-4-6-28-18/h4-9H,10H2,1,3H3,(H,29,36). The van der Waals surface area contributed by atoms with Crippen molar-refractivity contribution in [2.45, 2.75) is 19.6 Å². The van der Waals surface area contributed by atoms with Gasteiger partial charge in [0.15, 0.2) is 11.5 Å². The molecular weight excluding hydrogens is 531 g/mol. The van der Waals surface area contributed by atoms with Gasteiger partial charge in [-0.3, -0.25) is 4.79 Å². The van der Waals surface area contributed by atoms with E-state index in [9.17, 15) is 22.8 Å². The van der Waals surface area contributed by atoms with E-state index in [0.717, 1.165) is 11.8 Å². The van der Waals surface area contributed by atoms with Gasteiger partial charge >= 0.3 is 12.1 Å². The molecule has 1 aromatic carbocycles. The van der Waals surface area contributed by atoms with Crippen LogP contribution >= 0.6 is 11.6 Å². The highest BCUT2D eigenvalue weighted by molar-refractivity contribution is 6.32. The number of carbonyl (C=O) groups excluding carboxylic acids is 2. The van der Waals surface area contributed by atoms with Crippen LogP contribution in [0.3, 0.4) is 0 Å². The number of aryl methyl sites for hydroxylation is 1. The van der Waals surface area contributed by atoms with E-state index in [4.69, 9.17) is 22.9 Å². The number of benzene rings is 1. The highest BCUT2D eigenvalue weighted by atomic mass is 35.5. The van der Waals surface area contributed by atoms with Gasteiger partial charge in [-0.15, -0.1) is 10.2 Å². The van der Waals surface area contributed by atoms with Gasteiger partial charge in [0, 0.05) is 6.20 Å². The molecule has 1 N–H and O–H groups in total. The number of carbonyl (C=O) groups is 2. The van der Waals surface area contributed by atoms with E-state index in [-0.39, 0.29) is 45.7 Å². The highest BCUT2D eigenvalue weighted by Crippen LogP contribution is 2.29. The predicted octanol–water partition coefficient (Wildman–Crippen LogP) is 3.87. The van der Waals surface area contributed by atoms with Crippen molar-refractivity contribution in [1.82, 2.24) is 35.0 Å². The zero-order chi connectivity index (χ0) is 27.6. The summed E-state index contributed by atoms with van der Waals surface area (Å²) in [6.07, 6.45) is -3.39. The van der Waals surface area contributed by atoms with Crippen LogP contribution in [0.1, 0.15) is 37.9 Å². The first-order valence-electron chi connectivity index (χ1n) is 10.5. The predicted molar refractivity (Wildman–Crippen MR) is 125 cm³/mol. The van der Waals surface area contributed by atoms with Crippen LogP contribution in [0.25, 0.3) is 10.7 Å². The fraction of sp³-hybridized carbons (Fsp3) is 0.182. The topological polar surface area (TPSA) is 134 Å². The second kappa shape index (κ2) is 10.3. The maximum absolute atomic E-state index is 13.4. The van der Waals surface area contributed by atoms with E-state index >= 15 is 0 Å². The van der Waals surface area contributed by atoms with E-state index in [1.807, 2.05) is 0 Å². The van der Waals surface area contributed by atoms with Gasteiger partial charge in [0.05, 0.1) is 35.6 Å². The number of hydrogen-bond acceptors (Lipinski definition) is 8. The number of methoxy groups -OCH3 is 1. The number of amides is 1. The molecule has 0 aliphatic heterocycles. The molecule has 0 bridgehead atoms. The third-order valence-corrected chi connectivity index (χ3v) is 5.33. The SMILES string of the molecule is [C-]#[N+]c1cc(C)c(NC(=O)c2cc(Cn3nnc(C(F)(F)F)n3)nn2-c2ncccc2Cl)c(C(=O)OC)c1. The first-order valence-corrected chi connectivity index (χ1v) is 10.9. The van der Waals surface area contributed by atoms with Gasteiger partial charge in [-0.1, -0.05) is 17.7 Å². The van der Waals surface area contributed by atoms with Crippen molar-refractivity contribution < 1.29 is 27.5 Å². The Hall–Kier alpha value is -4.84. The maximum Gasteiger partial charge on any atom is 0.455 e. The largest absolute Gasteiger partial charge is 0.465 e. The molecule has 12 nitrogen and oxygen atoms in total. The Morgan fingerprint density at radius 1 is 1.24 bits per heavy atom. The van der Waals surface area contributed by atoms with Crippen molar-refractivity contribution in [2.75, 3.05) is 12.4 Å². The number of hydrogen-bond donors (Lipinski definition) is 1. The van der Waals surface area contributed by atoms with E-state index in [1.165, 1.54) is 30.5 Å². The monoisotopic (exact) mass is 545 g/mol. The normalized spacial score (nSPS) is 11.2. The van der Waals surface area contributed by atoms with E-state index in [0.29, 0.717) is 10.4 Å². The van der Waals surface area contributed by atoms with Crippen LogP contribution < -0.4 is 5.32 Å². The summed E-state index contributed by atoms with van der Waals surface area (Å²) in [7, 11) is 1.15. The van der Waals surface area contributed by atoms with E-state index in [1.54, 1.807) is 13.0 Å². The molecule has 0 aliphatic rings. The van der Waals surface area contributed by atoms with Gasteiger partial charge in [0.25, 0.3) is 11.7 Å². The number of aromatic nitrogens is 7. The van der Waals surface area contributed by atoms with E-state index < -0.39 is 23.9 Å². The molecule has 0 unspecified atom stereocenters. The van der Waals surface area contributed by atoms with Crippen LogP contribution in [0.5, 0.6) is 0 Å². The van der Waals surface area contributed by atoms with Gasteiger partial charge in [-0.2, -0.15) is 23.1 Å². The number of anilines is 1. The minimum atomic E-state index is -4.79. The van der Waals surface area contributed by atoms with Gasteiger partial charge in [-0.25, -0.2) is 19.3 Å². The van der Waals surface area contributed by atoms with Crippen molar-refractivity contribution in [3.63, 3.8) is 0 Å². The number of nitrogens with one attached hydrogen (secondary N) is 1. The molecule has 0 saturated carbocycles. The summed E-state index contributed by atoms with van der Waals surface area (Å²) in [5, 5.41) is 16.7. The molecule has 0 saturated heterocycles. The smallest absolute Gasteiger partial charge is 0.455 e. The molecule has 4 rings (SSSR count). The van der Waals surface area contributed by atoms with Crippen molar-refractivity contribution in [2.24, 2.45) is 0 Å². The summed E-state index contributed by atoms with van der Waals surface area (Å²) in [6, 6.07) is 7.08. The third-order valence-electron chi connectivity index (χ3n) is 5.04. The summed E-state index contributed by atoms with van der Waals surface area (Å²) in [6.45, 7) is 8.45. The average Bonchev–Trinajstić information content (AvgIpc) is 3.52. The van der Waals surface area contributed by atoms with Crippen LogP contribution in [-0.2, 0) is 17.5 Å². The second-order valence-corrected chi connectivity index (χ2v) is 8.03. The number of tetrazole rings is 1. The van der Waals surface area contributed by atoms with Crippen molar-refractivity contribution >= 4 is 34.9 Å². The Morgan fingerprint density at radius 3 is 2.63 bits per heavy atom. The molecule has 16 heteroatoms. The van der Waals surface area contributed by atoms with Crippen LogP contribution in [0.15, 0.2) is 36.5 Å². The fourth-order valence-electron chi connectivity index (χ4n) is 3.38.